The maximum atomic E-state index is 13.7. The van der Waals surface area contributed by atoms with Gasteiger partial charge in [-0.3, -0.25) is 4.79 Å². The van der Waals surface area contributed by atoms with Gasteiger partial charge in [0.15, 0.2) is 16.7 Å². The lowest BCUT2D eigenvalue weighted by molar-refractivity contribution is -0.133. The first-order valence-electron chi connectivity index (χ1n) is 6.14. The maximum Gasteiger partial charge on any atom is 0.313 e. The van der Waals surface area contributed by atoms with Gasteiger partial charge in [-0.25, -0.2) is 9.37 Å². The fourth-order valence-electron chi connectivity index (χ4n) is 1.90. The predicted octanol–water partition coefficient (Wildman–Crippen LogP) is 2.72. The van der Waals surface area contributed by atoms with E-state index in [0.717, 1.165) is 23.0 Å². The third-order valence-electron chi connectivity index (χ3n) is 2.83. The second-order valence-corrected chi connectivity index (χ2v) is 6.12. The number of methoxy groups -OCH3 is 1. The van der Waals surface area contributed by atoms with E-state index in [2.05, 4.69) is 4.98 Å². The van der Waals surface area contributed by atoms with Crippen molar-refractivity contribution in [3.8, 4) is 5.75 Å². The van der Waals surface area contributed by atoms with Crippen molar-refractivity contribution in [1.29, 1.82) is 0 Å². The zero-order valence-electron chi connectivity index (χ0n) is 11.6. The van der Waals surface area contributed by atoms with E-state index in [1.165, 1.54) is 13.2 Å². The van der Waals surface area contributed by atoms with Crippen LogP contribution in [0.3, 0.4) is 0 Å². The molecule has 0 saturated heterocycles. The highest BCUT2D eigenvalue weighted by Gasteiger charge is 2.15. The fourth-order valence-corrected chi connectivity index (χ4v) is 3.02. The van der Waals surface area contributed by atoms with Crippen LogP contribution in [0.25, 0.3) is 11.0 Å². The third kappa shape index (κ3) is 3.62. The Balaban J connectivity index is 2.47. The minimum absolute atomic E-state index is 0.0811. The lowest BCUT2D eigenvalue weighted by atomic mass is 10.3. The fraction of sp³-hybridized carbons (Fsp3) is 0.385. The number of carboxylic acids is 1. The second-order valence-electron chi connectivity index (χ2n) is 4.20. The van der Waals surface area contributed by atoms with E-state index in [1.54, 1.807) is 17.8 Å². The smallest absolute Gasteiger partial charge is 0.313 e. The van der Waals surface area contributed by atoms with Gasteiger partial charge in [-0.1, -0.05) is 11.8 Å². The largest absolute Gasteiger partial charge is 0.494 e. The van der Waals surface area contributed by atoms with Crippen LogP contribution in [0.2, 0.25) is 0 Å². The van der Waals surface area contributed by atoms with E-state index in [0.29, 0.717) is 17.2 Å². The van der Waals surface area contributed by atoms with Gasteiger partial charge in [-0.05, 0) is 6.26 Å². The van der Waals surface area contributed by atoms with Crippen LogP contribution in [-0.2, 0) is 11.3 Å². The number of ether oxygens (including phenoxy) is 1. The molecule has 2 rings (SSSR count). The summed E-state index contributed by atoms with van der Waals surface area (Å²) in [5, 5.41) is 9.38. The number of aliphatic carboxylic acids is 1. The molecule has 1 aromatic heterocycles. The zero-order valence-corrected chi connectivity index (χ0v) is 13.3. The van der Waals surface area contributed by atoms with E-state index in [9.17, 15) is 9.18 Å². The monoisotopic (exact) mass is 330 g/mol. The molecule has 21 heavy (non-hydrogen) atoms. The quantitative estimate of drug-likeness (QED) is 0.788. The van der Waals surface area contributed by atoms with Gasteiger partial charge in [0.1, 0.15) is 0 Å². The van der Waals surface area contributed by atoms with Crippen LogP contribution < -0.4 is 4.74 Å². The van der Waals surface area contributed by atoms with Gasteiger partial charge in [0, 0.05) is 24.4 Å². The molecule has 0 aliphatic heterocycles. The number of carboxylic acid groups (broad SMARTS) is 1. The van der Waals surface area contributed by atoms with E-state index < -0.39 is 11.8 Å². The van der Waals surface area contributed by atoms with Crippen molar-refractivity contribution in [2.45, 2.75) is 11.7 Å². The van der Waals surface area contributed by atoms with Crippen molar-refractivity contribution in [3.05, 3.63) is 17.9 Å². The first-order chi connectivity index (χ1) is 10.1. The summed E-state index contributed by atoms with van der Waals surface area (Å²) in [6, 6.07) is 2.91. The molecule has 0 bridgehead atoms. The number of aromatic nitrogens is 2. The number of imidazole rings is 1. The zero-order chi connectivity index (χ0) is 15.4. The number of benzene rings is 1. The van der Waals surface area contributed by atoms with Crippen molar-refractivity contribution in [2.75, 3.05) is 24.9 Å². The molecule has 0 unspecified atom stereocenters. The molecule has 1 aromatic carbocycles. The van der Waals surface area contributed by atoms with Gasteiger partial charge in [-0.15, -0.1) is 0 Å². The molecule has 0 amide bonds. The van der Waals surface area contributed by atoms with Crippen molar-refractivity contribution in [2.24, 2.45) is 0 Å². The minimum Gasteiger partial charge on any atom is -0.494 e. The molecule has 5 nitrogen and oxygen atoms in total. The van der Waals surface area contributed by atoms with Gasteiger partial charge in [0.25, 0.3) is 0 Å². The van der Waals surface area contributed by atoms with E-state index in [4.69, 9.17) is 9.84 Å². The van der Waals surface area contributed by atoms with Crippen LogP contribution in [0.4, 0.5) is 4.39 Å². The van der Waals surface area contributed by atoms with Crippen LogP contribution in [0.15, 0.2) is 17.3 Å². The summed E-state index contributed by atoms with van der Waals surface area (Å²) in [5.41, 5.74) is 1.25. The molecule has 0 spiro atoms. The molecule has 0 fully saturated rings. The molecule has 0 aliphatic carbocycles. The predicted molar refractivity (Wildman–Crippen MR) is 83.0 cm³/mol. The second kappa shape index (κ2) is 7.04. The average Bonchev–Trinajstić information content (AvgIpc) is 2.78. The molecular formula is C13H15FN2O3S2. The number of carbonyl (C=O) groups is 1. The number of fused-ring (bicyclic) bond motifs is 1. The molecule has 114 valence electrons. The Bertz CT molecular complexity index is 660. The molecular weight excluding hydrogens is 315 g/mol. The first-order valence-corrected chi connectivity index (χ1v) is 8.52. The summed E-state index contributed by atoms with van der Waals surface area (Å²) < 4.78 is 20.6. The molecule has 0 aliphatic rings. The van der Waals surface area contributed by atoms with Gasteiger partial charge < -0.3 is 14.4 Å². The summed E-state index contributed by atoms with van der Waals surface area (Å²) >= 11 is 2.81. The Morgan fingerprint density at radius 2 is 2.29 bits per heavy atom. The van der Waals surface area contributed by atoms with Gasteiger partial charge >= 0.3 is 5.97 Å². The van der Waals surface area contributed by atoms with E-state index in [-0.39, 0.29) is 11.5 Å². The Labute approximate surface area is 129 Å². The lowest BCUT2D eigenvalue weighted by Crippen LogP contribution is -2.05. The molecule has 0 radical (unpaired) electrons. The normalized spacial score (nSPS) is 11.0. The highest BCUT2D eigenvalue weighted by atomic mass is 32.2. The molecule has 0 atom stereocenters. The molecule has 2 aromatic rings. The van der Waals surface area contributed by atoms with Gasteiger partial charge in [0.05, 0.1) is 23.9 Å². The van der Waals surface area contributed by atoms with Gasteiger partial charge in [0.2, 0.25) is 0 Å². The van der Waals surface area contributed by atoms with Crippen LogP contribution in [-0.4, -0.2) is 45.5 Å². The number of aryl methyl sites for hydroxylation is 1. The number of halogens is 1. The van der Waals surface area contributed by atoms with Crippen LogP contribution >= 0.6 is 23.5 Å². The van der Waals surface area contributed by atoms with Crippen molar-refractivity contribution in [1.82, 2.24) is 9.55 Å². The molecule has 1 heterocycles. The summed E-state index contributed by atoms with van der Waals surface area (Å²) in [6.07, 6.45) is 1.99. The number of thioether (sulfide) groups is 2. The minimum atomic E-state index is -0.910. The average molecular weight is 330 g/mol. The van der Waals surface area contributed by atoms with E-state index in [1.807, 2.05) is 10.8 Å². The highest BCUT2D eigenvalue weighted by Crippen LogP contribution is 2.29. The Kier molecular flexibility index (Phi) is 5.35. The molecule has 8 heteroatoms. The summed E-state index contributed by atoms with van der Waals surface area (Å²) in [7, 11) is 1.41. The number of nitrogens with zero attached hydrogens (tertiary/aromatic N) is 2. The SMILES string of the molecule is COc1cc2c(cc1F)nc(SCC(=O)O)n2CCSC. The first kappa shape index (κ1) is 16.0. The third-order valence-corrected chi connectivity index (χ3v) is 4.38. The van der Waals surface area contributed by atoms with Crippen LogP contribution in [0.1, 0.15) is 0 Å². The number of rotatable bonds is 7. The summed E-state index contributed by atoms with van der Waals surface area (Å²) in [4.78, 5) is 15.1. The topological polar surface area (TPSA) is 64.3 Å². The Morgan fingerprint density at radius 3 is 2.90 bits per heavy atom. The standard InChI is InChI=1S/C13H15FN2O3S2/c1-19-11-6-10-9(5-8(11)14)15-13(21-7-12(17)18)16(10)3-4-20-2/h5-6H,3-4,7H2,1-2H3,(H,17,18). The number of hydrogen-bond acceptors (Lipinski definition) is 5. The lowest BCUT2D eigenvalue weighted by Gasteiger charge is -2.08. The van der Waals surface area contributed by atoms with Crippen molar-refractivity contribution < 1.29 is 19.0 Å². The maximum absolute atomic E-state index is 13.7. The molecule has 0 saturated carbocycles. The van der Waals surface area contributed by atoms with Crippen LogP contribution in [0, 0.1) is 5.82 Å². The Morgan fingerprint density at radius 1 is 1.52 bits per heavy atom. The number of hydrogen-bond donors (Lipinski definition) is 1. The van der Waals surface area contributed by atoms with Crippen molar-refractivity contribution >= 4 is 40.5 Å². The van der Waals surface area contributed by atoms with Crippen molar-refractivity contribution in [3.63, 3.8) is 0 Å². The summed E-state index contributed by atoms with van der Waals surface area (Å²) in [5.74, 6) is -0.460. The molecule has 1 N–H and O–H groups in total. The summed E-state index contributed by atoms with van der Waals surface area (Å²) in [6.45, 7) is 0.675. The van der Waals surface area contributed by atoms with E-state index >= 15 is 0 Å². The van der Waals surface area contributed by atoms with Crippen LogP contribution in [0.5, 0.6) is 5.75 Å². The highest BCUT2D eigenvalue weighted by molar-refractivity contribution is 7.99. The Hall–Kier alpha value is -1.41. The van der Waals surface area contributed by atoms with Gasteiger partial charge in [-0.2, -0.15) is 11.8 Å².